The first-order chi connectivity index (χ1) is 14.4. The summed E-state index contributed by atoms with van der Waals surface area (Å²) in [5, 5.41) is 0. The van der Waals surface area contributed by atoms with E-state index in [0.29, 0.717) is 15.6 Å². The summed E-state index contributed by atoms with van der Waals surface area (Å²) in [6.07, 6.45) is -0.808. The van der Waals surface area contributed by atoms with E-state index in [2.05, 4.69) is 20.9 Å². The number of aliphatic imine (C=N–C) groups is 1. The van der Waals surface area contributed by atoms with E-state index < -0.39 is 25.1 Å². The molecule has 2 rings (SSSR count). The van der Waals surface area contributed by atoms with E-state index >= 15 is 0 Å². The third-order valence-corrected chi connectivity index (χ3v) is 6.40. The number of phosphoric ester groups is 1. The number of carbonyl (C=O) groups is 1. The zero-order valence-corrected chi connectivity index (χ0v) is 20.9. The monoisotopic (exact) mass is 511 g/mol. The van der Waals surface area contributed by atoms with Crippen LogP contribution in [0.15, 0.2) is 64.1 Å². The molecule has 1 atom stereocenters. The van der Waals surface area contributed by atoms with Gasteiger partial charge in [-0.1, -0.05) is 64.5 Å². The molecular weight excluding hydrogens is 485 g/mol. The molecule has 0 N–H and O–H groups in total. The summed E-state index contributed by atoms with van der Waals surface area (Å²) in [6.45, 7) is 6.89. The van der Waals surface area contributed by atoms with Crippen molar-refractivity contribution >= 4 is 35.6 Å². The lowest BCUT2D eigenvalue weighted by Crippen LogP contribution is -2.37. The number of ether oxygens (including phenoxy) is 1. The number of halogens is 1. The van der Waals surface area contributed by atoms with Gasteiger partial charge in [0.15, 0.2) is 0 Å². The minimum Gasteiger partial charge on any atom is -0.442 e. The van der Waals surface area contributed by atoms with E-state index in [1.807, 2.05) is 12.1 Å². The molecule has 0 bridgehead atoms. The summed E-state index contributed by atoms with van der Waals surface area (Å²) in [4.78, 5) is 17.0. The maximum Gasteiger partial charge on any atom is 0.475 e. The highest BCUT2D eigenvalue weighted by molar-refractivity contribution is 9.10. The van der Waals surface area contributed by atoms with Crippen LogP contribution in [0.25, 0.3) is 0 Å². The molecule has 0 saturated carbocycles. The molecule has 0 aromatic heterocycles. The Balaban J connectivity index is 2.79. The van der Waals surface area contributed by atoms with Gasteiger partial charge in [0, 0.05) is 24.3 Å². The second-order valence-electron chi connectivity index (χ2n) is 7.72. The van der Waals surface area contributed by atoms with E-state index in [4.69, 9.17) is 18.3 Å². The number of benzene rings is 2. The van der Waals surface area contributed by atoms with Crippen molar-refractivity contribution in [3.63, 3.8) is 0 Å². The average Bonchev–Trinajstić information content (AvgIpc) is 2.71. The molecule has 31 heavy (non-hydrogen) atoms. The number of amides is 1. The van der Waals surface area contributed by atoms with E-state index in [-0.39, 0.29) is 5.71 Å². The van der Waals surface area contributed by atoms with Crippen LogP contribution in [0.2, 0.25) is 0 Å². The Labute approximate surface area is 191 Å². The van der Waals surface area contributed by atoms with Gasteiger partial charge in [-0.3, -0.25) is 13.6 Å². The summed E-state index contributed by atoms with van der Waals surface area (Å²) in [6, 6.07) is 16.2. The van der Waals surface area contributed by atoms with E-state index in [1.54, 1.807) is 70.2 Å². The molecule has 0 radical (unpaired) electrons. The van der Waals surface area contributed by atoms with E-state index in [1.165, 1.54) is 14.2 Å². The van der Waals surface area contributed by atoms with Crippen molar-refractivity contribution in [3.8, 4) is 0 Å². The Hall–Kier alpha value is -1.83. The third-order valence-electron chi connectivity index (χ3n) is 4.23. The second kappa shape index (κ2) is 10.2. The molecule has 9 heteroatoms. The minimum absolute atomic E-state index is 0.184. The maximum absolute atomic E-state index is 13.0. The Bertz CT molecular complexity index is 981. The molecule has 0 saturated heterocycles. The molecule has 0 aliphatic rings. The lowest BCUT2D eigenvalue weighted by Gasteiger charge is -2.34. The SMILES string of the molecule is COP(=O)(OC)OC(C)(/C(=N/C(=O)OC(C)(C)C)c1ccccc1)c1ccccc1Br. The molecule has 0 fully saturated rings. The highest BCUT2D eigenvalue weighted by Crippen LogP contribution is 2.55. The van der Waals surface area contributed by atoms with Crippen molar-refractivity contribution in [2.24, 2.45) is 4.99 Å². The van der Waals surface area contributed by atoms with Gasteiger partial charge in [0.25, 0.3) is 0 Å². The highest BCUT2D eigenvalue weighted by atomic mass is 79.9. The van der Waals surface area contributed by atoms with Crippen molar-refractivity contribution in [2.75, 3.05) is 14.2 Å². The van der Waals surface area contributed by atoms with Crippen LogP contribution in [0.1, 0.15) is 38.8 Å². The quantitative estimate of drug-likeness (QED) is 0.311. The lowest BCUT2D eigenvalue weighted by atomic mass is 9.87. The second-order valence-corrected chi connectivity index (χ2v) is 10.4. The molecule has 1 amide bonds. The van der Waals surface area contributed by atoms with Gasteiger partial charge in [0.1, 0.15) is 11.2 Å². The van der Waals surface area contributed by atoms with Crippen LogP contribution >= 0.6 is 23.8 Å². The van der Waals surface area contributed by atoms with Gasteiger partial charge >= 0.3 is 13.9 Å². The molecular formula is C22H27BrNO6P. The number of rotatable bonds is 7. The predicted molar refractivity (Wildman–Crippen MR) is 123 cm³/mol. The number of carbonyl (C=O) groups excluding carboxylic acids is 1. The Morgan fingerprint density at radius 3 is 2.00 bits per heavy atom. The topological polar surface area (TPSA) is 83.4 Å². The summed E-state index contributed by atoms with van der Waals surface area (Å²) in [7, 11) is -1.56. The summed E-state index contributed by atoms with van der Waals surface area (Å²) >= 11 is 3.52. The van der Waals surface area contributed by atoms with E-state index in [9.17, 15) is 9.36 Å². The van der Waals surface area contributed by atoms with Crippen LogP contribution in [0, 0.1) is 0 Å². The molecule has 0 aliphatic carbocycles. The fourth-order valence-electron chi connectivity index (χ4n) is 2.86. The number of nitrogens with zero attached hydrogens (tertiary/aromatic N) is 1. The Kier molecular flexibility index (Phi) is 8.36. The van der Waals surface area contributed by atoms with Crippen molar-refractivity contribution in [1.29, 1.82) is 0 Å². The zero-order chi connectivity index (χ0) is 23.3. The van der Waals surface area contributed by atoms with Crippen molar-refractivity contribution in [1.82, 2.24) is 0 Å². The number of hydrogen-bond acceptors (Lipinski definition) is 6. The fourth-order valence-corrected chi connectivity index (χ4v) is 4.45. The van der Waals surface area contributed by atoms with Gasteiger partial charge in [0.05, 0.1) is 5.71 Å². The molecule has 2 aromatic rings. The Morgan fingerprint density at radius 2 is 1.48 bits per heavy atom. The van der Waals surface area contributed by atoms with Crippen molar-refractivity contribution < 1.29 is 27.7 Å². The van der Waals surface area contributed by atoms with Gasteiger partial charge in [0.2, 0.25) is 0 Å². The number of phosphoric acid groups is 1. The summed E-state index contributed by atoms with van der Waals surface area (Å²) in [5.74, 6) is 0. The molecule has 0 aliphatic heterocycles. The highest BCUT2D eigenvalue weighted by Gasteiger charge is 2.44. The average molecular weight is 512 g/mol. The van der Waals surface area contributed by atoms with Crippen LogP contribution in [0.3, 0.4) is 0 Å². The molecule has 1 unspecified atom stereocenters. The summed E-state index contributed by atoms with van der Waals surface area (Å²) < 4.78 is 35.2. The van der Waals surface area contributed by atoms with Crippen LogP contribution in [-0.2, 0) is 28.5 Å². The standard InChI is InChI=1S/C22H27BrNO6P/c1-21(2,3)29-20(25)24-19(16-12-8-7-9-13-16)22(4,30-31(26,27-5)28-6)17-14-10-11-15-18(17)23/h7-15H,1-6H3/b24-19+. The van der Waals surface area contributed by atoms with Gasteiger partial charge in [-0.15, -0.1) is 0 Å². The van der Waals surface area contributed by atoms with Gasteiger partial charge in [-0.25, -0.2) is 9.36 Å². The first kappa shape index (κ1) is 25.4. The van der Waals surface area contributed by atoms with Gasteiger partial charge in [-0.05, 0) is 39.3 Å². The molecule has 0 heterocycles. The van der Waals surface area contributed by atoms with Crippen molar-refractivity contribution in [3.05, 3.63) is 70.2 Å². The van der Waals surface area contributed by atoms with Crippen LogP contribution in [0.4, 0.5) is 4.79 Å². The lowest BCUT2D eigenvalue weighted by molar-refractivity contribution is 0.0580. The van der Waals surface area contributed by atoms with Crippen LogP contribution < -0.4 is 0 Å². The largest absolute Gasteiger partial charge is 0.475 e. The predicted octanol–water partition coefficient (Wildman–Crippen LogP) is 6.51. The van der Waals surface area contributed by atoms with Crippen molar-refractivity contribution in [2.45, 2.75) is 38.9 Å². The zero-order valence-electron chi connectivity index (χ0n) is 18.4. The van der Waals surface area contributed by atoms with Crippen LogP contribution in [0.5, 0.6) is 0 Å². The normalized spacial score (nSPS) is 14.7. The molecule has 7 nitrogen and oxygen atoms in total. The Morgan fingerprint density at radius 1 is 0.935 bits per heavy atom. The van der Waals surface area contributed by atoms with E-state index in [0.717, 1.165) is 0 Å². The first-order valence-corrected chi connectivity index (χ1v) is 11.7. The number of hydrogen-bond donors (Lipinski definition) is 0. The minimum atomic E-state index is -4.00. The molecule has 168 valence electrons. The fraction of sp³-hybridized carbons (Fsp3) is 0.364. The van der Waals surface area contributed by atoms with Gasteiger partial charge in [-0.2, -0.15) is 4.99 Å². The summed E-state index contributed by atoms with van der Waals surface area (Å²) in [5.41, 5.74) is -0.939. The first-order valence-electron chi connectivity index (χ1n) is 9.49. The smallest absolute Gasteiger partial charge is 0.442 e. The maximum atomic E-state index is 13.0. The molecule has 2 aromatic carbocycles. The van der Waals surface area contributed by atoms with Crippen LogP contribution in [-0.4, -0.2) is 31.6 Å². The molecule has 0 spiro atoms. The van der Waals surface area contributed by atoms with Gasteiger partial charge < -0.3 is 4.74 Å². The third kappa shape index (κ3) is 6.57.